The first-order valence-corrected chi connectivity index (χ1v) is 7.19. The number of allylic oxidation sites excluding steroid dienone is 1. The molecule has 0 N–H and O–H groups in total. The molecule has 5 heteroatoms. The fraction of sp³-hybridized carbons (Fsp3) is 0.0556. The van der Waals surface area contributed by atoms with Gasteiger partial charge in [0.15, 0.2) is 5.76 Å². The van der Waals surface area contributed by atoms with Crippen LogP contribution in [0, 0.1) is 11.3 Å². The second-order valence-electron chi connectivity index (χ2n) is 5.01. The summed E-state index contributed by atoms with van der Waals surface area (Å²) in [5.41, 5.74) is 1.74. The van der Waals surface area contributed by atoms with E-state index in [1.807, 2.05) is 6.07 Å². The summed E-state index contributed by atoms with van der Waals surface area (Å²) in [6.07, 6.45) is 1.50. The van der Waals surface area contributed by atoms with Crippen molar-refractivity contribution in [2.45, 2.75) is 5.92 Å². The fourth-order valence-electron chi connectivity index (χ4n) is 2.32. The lowest BCUT2D eigenvalue weighted by Crippen LogP contribution is -2.12. The topological polar surface area (TPSA) is 67.2 Å². The van der Waals surface area contributed by atoms with Crippen molar-refractivity contribution < 1.29 is 14.3 Å². The molecule has 0 bridgehead atoms. The molecule has 0 amide bonds. The zero-order chi connectivity index (χ0) is 16.4. The van der Waals surface area contributed by atoms with Crippen molar-refractivity contribution in [3.05, 3.63) is 76.0 Å². The summed E-state index contributed by atoms with van der Waals surface area (Å²) in [5.74, 6) is -1.95. The predicted molar refractivity (Wildman–Crippen MR) is 84.4 cm³/mol. The molecule has 1 aliphatic heterocycles. The Morgan fingerprint density at radius 2 is 1.70 bits per heavy atom. The summed E-state index contributed by atoms with van der Waals surface area (Å²) in [6.45, 7) is 0. The number of carbonyl (C=O) groups is 2. The van der Waals surface area contributed by atoms with E-state index in [1.54, 1.807) is 48.5 Å². The molecule has 3 rings (SSSR count). The lowest BCUT2D eigenvalue weighted by molar-refractivity contribution is -0.136. The zero-order valence-corrected chi connectivity index (χ0v) is 12.6. The van der Waals surface area contributed by atoms with Gasteiger partial charge in [-0.2, -0.15) is 5.26 Å². The Kier molecular flexibility index (Phi) is 3.96. The van der Waals surface area contributed by atoms with Crippen molar-refractivity contribution in [2.24, 2.45) is 0 Å². The summed E-state index contributed by atoms with van der Waals surface area (Å²) < 4.78 is 5.11. The molecule has 23 heavy (non-hydrogen) atoms. The smallest absolute Gasteiger partial charge is 0.327 e. The number of rotatable bonds is 2. The minimum Gasteiger partial charge on any atom is -0.422 e. The minimum absolute atomic E-state index is 0.000317. The molecule has 0 aromatic heterocycles. The van der Waals surface area contributed by atoms with Crippen molar-refractivity contribution in [3.8, 4) is 6.07 Å². The van der Waals surface area contributed by atoms with Gasteiger partial charge < -0.3 is 4.74 Å². The standard InChI is InChI=1S/C18H10ClNO3/c19-14-7-5-13(6-8-14)16-17(21)15(23-18(16)22)9-11-1-3-12(10-20)4-2-11/h1-9,16H/b15-9-. The number of hydrogen-bond acceptors (Lipinski definition) is 4. The van der Waals surface area contributed by atoms with Gasteiger partial charge in [-0.1, -0.05) is 35.9 Å². The van der Waals surface area contributed by atoms with Gasteiger partial charge in [-0.15, -0.1) is 0 Å². The van der Waals surface area contributed by atoms with Crippen LogP contribution in [0.3, 0.4) is 0 Å². The molecule has 0 radical (unpaired) electrons. The van der Waals surface area contributed by atoms with E-state index in [2.05, 4.69) is 0 Å². The predicted octanol–water partition coefficient (Wildman–Crippen LogP) is 3.46. The highest BCUT2D eigenvalue weighted by Crippen LogP contribution is 2.31. The number of nitriles is 1. The van der Waals surface area contributed by atoms with E-state index in [0.29, 0.717) is 21.7 Å². The second-order valence-corrected chi connectivity index (χ2v) is 5.45. The van der Waals surface area contributed by atoms with Gasteiger partial charge in [-0.3, -0.25) is 9.59 Å². The van der Waals surface area contributed by atoms with Gasteiger partial charge in [-0.05, 0) is 41.5 Å². The van der Waals surface area contributed by atoms with E-state index < -0.39 is 11.9 Å². The van der Waals surface area contributed by atoms with Crippen LogP contribution in [-0.2, 0) is 14.3 Å². The van der Waals surface area contributed by atoms with Gasteiger partial charge in [-0.25, -0.2) is 0 Å². The Hall–Kier alpha value is -2.90. The molecule has 2 aromatic rings. The molecular formula is C18H10ClNO3. The van der Waals surface area contributed by atoms with Crippen LogP contribution in [0.2, 0.25) is 5.02 Å². The third kappa shape index (κ3) is 3.01. The zero-order valence-electron chi connectivity index (χ0n) is 11.8. The van der Waals surface area contributed by atoms with E-state index in [4.69, 9.17) is 21.6 Å². The van der Waals surface area contributed by atoms with Crippen LogP contribution < -0.4 is 0 Å². The van der Waals surface area contributed by atoms with E-state index >= 15 is 0 Å². The minimum atomic E-state index is -0.961. The molecule has 4 nitrogen and oxygen atoms in total. The van der Waals surface area contributed by atoms with E-state index in [1.165, 1.54) is 6.08 Å². The molecule has 1 unspecified atom stereocenters. The van der Waals surface area contributed by atoms with Gasteiger partial charge in [0, 0.05) is 5.02 Å². The monoisotopic (exact) mass is 323 g/mol. The molecule has 2 aromatic carbocycles. The first-order chi connectivity index (χ1) is 11.1. The van der Waals surface area contributed by atoms with E-state index in [9.17, 15) is 9.59 Å². The normalized spacial score (nSPS) is 18.8. The van der Waals surface area contributed by atoms with Crippen LogP contribution in [0.25, 0.3) is 6.08 Å². The number of nitrogens with zero attached hydrogens (tertiary/aromatic N) is 1. The number of ether oxygens (including phenoxy) is 1. The summed E-state index contributed by atoms with van der Waals surface area (Å²) in [6, 6.07) is 15.2. The molecule has 1 saturated heterocycles. The first kappa shape index (κ1) is 15.0. The molecular weight excluding hydrogens is 314 g/mol. The number of hydrogen-bond donors (Lipinski definition) is 0. The van der Waals surface area contributed by atoms with Crippen molar-refractivity contribution in [2.75, 3.05) is 0 Å². The molecule has 112 valence electrons. The molecule has 0 aliphatic carbocycles. The maximum Gasteiger partial charge on any atom is 0.327 e. The van der Waals surface area contributed by atoms with E-state index in [0.717, 1.165) is 0 Å². The summed E-state index contributed by atoms with van der Waals surface area (Å²) in [5, 5.41) is 9.30. The van der Waals surface area contributed by atoms with E-state index in [-0.39, 0.29) is 11.5 Å². The fourth-order valence-corrected chi connectivity index (χ4v) is 2.44. The molecule has 0 saturated carbocycles. The largest absolute Gasteiger partial charge is 0.422 e. The summed E-state index contributed by atoms with van der Waals surface area (Å²) in [4.78, 5) is 24.4. The third-order valence-electron chi connectivity index (χ3n) is 3.49. The van der Waals surface area contributed by atoms with Crippen molar-refractivity contribution in [1.82, 2.24) is 0 Å². The highest BCUT2D eigenvalue weighted by atomic mass is 35.5. The van der Waals surface area contributed by atoms with Gasteiger partial charge in [0.25, 0.3) is 0 Å². The number of esters is 1. The maximum absolute atomic E-state index is 12.4. The highest BCUT2D eigenvalue weighted by molar-refractivity contribution is 6.30. The SMILES string of the molecule is N#Cc1ccc(/C=C2\OC(=O)C(c3ccc(Cl)cc3)C2=O)cc1. The average Bonchev–Trinajstić information content (AvgIpc) is 2.83. The first-order valence-electron chi connectivity index (χ1n) is 6.82. The number of ketones is 1. The van der Waals surface area contributed by atoms with Crippen LogP contribution >= 0.6 is 11.6 Å². The van der Waals surface area contributed by atoms with Gasteiger partial charge in [0.2, 0.25) is 5.78 Å². The Morgan fingerprint density at radius 1 is 1.04 bits per heavy atom. The van der Waals surface area contributed by atoms with Crippen molar-refractivity contribution in [3.63, 3.8) is 0 Å². The lowest BCUT2D eigenvalue weighted by Gasteiger charge is -2.03. The molecule has 1 heterocycles. The summed E-state index contributed by atoms with van der Waals surface area (Å²) >= 11 is 5.82. The van der Waals surface area contributed by atoms with Crippen LogP contribution in [0.15, 0.2) is 54.3 Å². The Bertz CT molecular complexity index is 845. The molecule has 1 atom stereocenters. The van der Waals surface area contributed by atoms with Crippen molar-refractivity contribution >= 4 is 29.4 Å². The van der Waals surface area contributed by atoms with Gasteiger partial charge in [0.05, 0.1) is 11.6 Å². The Labute approximate surface area is 137 Å². The maximum atomic E-state index is 12.4. The van der Waals surface area contributed by atoms with Crippen LogP contribution in [0.1, 0.15) is 22.6 Å². The van der Waals surface area contributed by atoms with Crippen LogP contribution in [0.5, 0.6) is 0 Å². The number of benzene rings is 2. The number of Topliss-reactive ketones (excluding diaryl/α,β-unsaturated/α-hetero) is 1. The lowest BCUT2D eigenvalue weighted by atomic mass is 9.95. The molecule has 0 spiro atoms. The second kappa shape index (κ2) is 6.07. The van der Waals surface area contributed by atoms with Gasteiger partial charge in [0.1, 0.15) is 5.92 Å². The molecule has 1 fully saturated rings. The highest BCUT2D eigenvalue weighted by Gasteiger charge is 2.40. The quantitative estimate of drug-likeness (QED) is 0.482. The third-order valence-corrected chi connectivity index (χ3v) is 3.74. The van der Waals surface area contributed by atoms with Crippen molar-refractivity contribution in [1.29, 1.82) is 5.26 Å². The van der Waals surface area contributed by atoms with Crippen LogP contribution in [-0.4, -0.2) is 11.8 Å². The summed E-state index contributed by atoms with van der Waals surface area (Å²) in [7, 11) is 0. The number of cyclic esters (lactones) is 1. The Balaban J connectivity index is 1.89. The average molecular weight is 324 g/mol. The van der Waals surface area contributed by atoms with Gasteiger partial charge >= 0.3 is 5.97 Å². The van der Waals surface area contributed by atoms with Crippen LogP contribution in [0.4, 0.5) is 0 Å². The number of halogens is 1. The Morgan fingerprint density at radius 3 is 2.30 bits per heavy atom. The number of carbonyl (C=O) groups excluding carboxylic acids is 2. The molecule has 1 aliphatic rings.